The topological polar surface area (TPSA) is 135 Å². The average Bonchev–Trinajstić information content (AvgIpc) is 2.71. The summed E-state index contributed by atoms with van der Waals surface area (Å²) in [5, 5.41) is 21.6. The van der Waals surface area contributed by atoms with E-state index < -0.39 is 0 Å². The van der Waals surface area contributed by atoms with Gasteiger partial charge in [0.25, 0.3) is 5.82 Å². The molecule has 4 N–H and O–H groups in total. The smallest absolute Gasteiger partial charge is 0.289 e. The Morgan fingerprint density at radius 3 is 2.68 bits per heavy atom. The first kappa shape index (κ1) is 19.3. The number of carbonyl (C=O) groups excluding carboxylic acids is 1. The molecule has 2 aromatic rings. The van der Waals surface area contributed by atoms with E-state index in [1.54, 1.807) is 0 Å². The Morgan fingerprint density at radius 1 is 1.25 bits per heavy atom. The van der Waals surface area contributed by atoms with Crippen LogP contribution in [0.3, 0.4) is 0 Å². The molecule has 0 saturated carbocycles. The first-order chi connectivity index (χ1) is 13.5. The van der Waals surface area contributed by atoms with Gasteiger partial charge in [0.1, 0.15) is 36.5 Å². The van der Waals surface area contributed by atoms with E-state index in [1.165, 1.54) is 6.07 Å². The highest BCUT2D eigenvalue weighted by Crippen LogP contribution is 2.32. The lowest BCUT2D eigenvalue weighted by atomic mass is 10.1. The number of aromatic amines is 1. The van der Waals surface area contributed by atoms with Crippen molar-refractivity contribution in [2.75, 3.05) is 24.7 Å². The Balaban J connectivity index is 1.63. The fraction of sp³-hybridized carbons (Fsp3) is 0.263. The monoisotopic (exact) mass is 396 g/mol. The molecule has 9 heteroatoms. The Morgan fingerprint density at radius 2 is 1.96 bits per heavy atom. The molecule has 3 rings (SSSR count). The largest absolute Gasteiger partial charge is 0.486 e. The molecule has 1 aliphatic rings. The summed E-state index contributed by atoms with van der Waals surface area (Å²) in [7, 11) is 0. The predicted octanol–water partition coefficient (Wildman–Crippen LogP) is 1.57. The number of nitrogens with zero attached hydrogens (tertiary/aromatic N) is 2. The van der Waals surface area contributed by atoms with Crippen LogP contribution in [0.4, 0.5) is 5.82 Å². The van der Waals surface area contributed by atoms with E-state index in [4.69, 9.17) is 20.5 Å². The number of nitrogens with one attached hydrogen (secondary N) is 2. The molecule has 0 fully saturated rings. The van der Waals surface area contributed by atoms with Crippen LogP contribution in [-0.4, -0.2) is 24.9 Å². The molecule has 0 unspecified atom stereocenters. The Labute approximate surface area is 166 Å². The zero-order chi connectivity index (χ0) is 20.1. The molecule has 2 heterocycles. The van der Waals surface area contributed by atoms with Crippen LogP contribution in [0.1, 0.15) is 29.7 Å². The first-order valence-corrected chi connectivity index (χ1v) is 9.48. The molecule has 0 aliphatic carbocycles. The van der Waals surface area contributed by atoms with Crippen molar-refractivity contribution in [1.29, 1.82) is 10.5 Å². The van der Waals surface area contributed by atoms with Gasteiger partial charge in [-0.05, 0) is 30.7 Å². The second-order valence-corrected chi connectivity index (χ2v) is 7.03. The van der Waals surface area contributed by atoms with Gasteiger partial charge in [-0.25, -0.2) is 4.98 Å². The first-order valence-electron chi connectivity index (χ1n) is 8.49. The van der Waals surface area contributed by atoms with E-state index in [2.05, 4.69) is 10.3 Å². The van der Waals surface area contributed by atoms with Crippen molar-refractivity contribution in [3.63, 3.8) is 0 Å². The molecule has 1 amide bonds. The summed E-state index contributed by atoms with van der Waals surface area (Å²) in [5.74, 6) is 1.41. The van der Waals surface area contributed by atoms with Crippen LogP contribution in [0.25, 0.3) is 0 Å². The van der Waals surface area contributed by atoms with E-state index in [0.29, 0.717) is 29.7 Å². The summed E-state index contributed by atoms with van der Waals surface area (Å²) < 4.78 is 11.1. The summed E-state index contributed by atoms with van der Waals surface area (Å²) in [6.07, 6.45) is 0. The summed E-state index contributed by atoms with van der Waals surface area (Å²) in [4.78, 5) is 15.1. The van der Waals surface area contributed by atoms with E-state index in [-0.39, 0.29) is 34.6 Å². The van der Waals surface area contributed by atoms with Gasteiger partial charge in [0.15, 0.2) is 16.5 Å². The van der Waals surface area contributed by atoms with Gasteiger partial charge in [-0.2, -0.15) is 10.5 Å². The lowest BCUT2D eigenvalue weighted by Gasteiger charge is -2.21. The number of amides is 1. The molecule has 1 aromatic carbocycles. The van der Waals surface area contributed by atoms with Crippen molar-refractivity contribution in [2.45, 2.75) is 18.0 Å². The second kappa shape index (κ2) is 8.51. The lowest BCUT2D eigenvalue weighted by Crippen LogP contribution is -2.29. The van der Waals surface area contributed by atoms with Gasteiger partial charge in [0.05, 0.1) is 11.8 Å². The van der Waals surface area contributed by atoms with Crippen molar-refractivity contribution < 1.29 is 19.3 Å². The zero-order valence-corrected chi connectivity index (χ0v) is 15.9. The maximum atomic E-state index is 12.3. The van der Waals surface area contributed by atoms with Gasteiger partial charge in [-0.15, -0.1) is 0 Å². The van der Waals surface area contributed by atoms with E-state index in [9.17, 15) is 10.1 Å². The Kier molecular flexibility index (Phi) is 5.87. The summed E-state index contributed by atoms with van der Waals surface area (Å²) in [5.41, 5.74) is 7.11. The van der Waals surface area contributed by atoms with Crippen LogP contribution in [0, 0.1) is 22.7 Å². The standard InChI is InChI=1S/C19H17N5O3S/c1-11(12-2-3-15-16(7-12)27-5-4-26-15)23-17(25)10-28-19-14(9-21)6-13(8-20)18(22)24-19/h2-3,6-7,11H,4-5,10H2,1H3,(H2,22,24)(H,23,25)/p+1/t11-/m1/s1. The van der Waals surface area contributed by atoms with Crippen LogP contribution in [0.15, 0.2) is 29.3 Å². The molecule has 1 aromatic heterocycles. The van der Waals surface area contributed by atoms with Gasteiger partial charge in [0.2, 0.25) is 5.91 Å². The molecule has 8 nitrogen and oxygen atoms in total. The van der Waals surface area contributed by atoms with Crippen LogP contribution in [-0.2, 0) is 4.79 Å². The molecule has 0 radical (unpaired) electrons. The van der Waals surface area contributed by atoms with Gasteiger partial charge >= 0.3 is 0 Å². The number of carbonyl (C=O) groups is 1. The Bertz CT molecular complexity index is 996. The molecule has 28 heavy (non-hydrogen) atoms. The van der Waals surface area contributed by atoms with Gasteiger partial charge in [-0.1, -0.05) is 17.8 Å². The maximum absolute atomic E-state index is 12.3. The van der Waals surface area contributed by atoms with Crippen molar-refractivity contribution in [1.82, 2.24) is 5.32 Å². The van der Waals surface area contributed by atoms with Gasteiger partial charge in [0, 0.05) is 0 Å². The number of hydrogen-bond acceptors (Lipinski definition) is 7. The van der Waals surface area contributed by atoms with Crippen molar-refractivity contribution >= 4 is 23.5 Å². The van der Waals surface area contributed by atoms with Crippen molar-refractivity contribution in [2.24, 2.45) is 0 Å². The number of benzene rings is 1. The van der Waals surface area contributed by atoms with Crippen LogP contribution < -0.4 is 25.5 Å². The highest BCUT2D eigenvalue weighted by atomic mass is 32.2. The quantitative estimate of drug-likeness (QED) is 0.732. The van der Waals surface area contributed by atoms with E-state index in [1.807, 2.05) is 37.3 Å². The van der Waals surface area contributed by atoms with E-state index >= 15 is 0 Å². The minimum absolute atomic E-state index is 0.0887. The minimum Gasteiger partial charge on any atom is -0.486 e. The summed E-state index contributed by atoms with van der Waals surface area (Å²) in [6, 6.07) is 10.7. The fourth-order valence-corrected chi connectivity index (χ4v) is 3.47. The lowest BCUT2D eigenvalue weighted by molar-refractivity contribution is -0.410. The summed E-state index contributed by atoms with van der Waals surface area (Å²) >= 11 is 1.15. The number of pyridine rings is 1. The molecule has 1 atom stereocenters. The predicted molar refractivity (Wildman–Crippen MR) is 102 cm³/mol. The fourth-order valence-electron chi connectivity index (χ4n) is 2.67. The number of fused-ring (bicyclic) bond motifs is 1. The van der Waals surface area contributed by atoms with Gasteiger partial charge < -0.3 is 14.8 Å². The summed E-state index contributed by atoms with van der Waals surface area (Å²) in [6.45, 7) is 2.90. The average molecular weight is 396 g/mol. The van der Waals surface area contributed by atoms with Crippen molar-refractivity contribution in [3.8, 4) is 23.6 Å². The third-order valence-corrected chi connectivity index (χ3v) is 5.12. The molecule has 0 bridgehead atoms. The maximum Gasteiger partial charge on any atom is 0.289 e. The number of aromatic nitrogens is 1. The van der Waals surface area contributed by atoms with Crippen molar-refractivity contribution in [3.05, 3.63) is 41.0 Å². The zero-order valence-electron chi connectivity index (χ0n) is 15.1. The number of nitrogen functional groups attached to an aromatic ring is 1. The molecule has 142 valence electrons. The number of hydrogen-bond donors (Lipinski definition) is 2. The van der Waals surface area contributed by atoms with Gasteiger partial charge in [-0.3, -0.25) is 10.5 Å². The third kappa shape index (κ3) is 4.27. The SMILES string of the molecule is C[C@@H](NC(=O)CSc1[nH+]c(N)c(C#N)cc1C#N)c1ccc2c(c1)OCCO2. The molecular weight excluding hydrogens is 378 g/mol. The van der Waals surface area contributed by atoms with Crippen LogP contribution in [0.5, 0.6) is 11.5 Å². The number of thioether (sulfide) groups is 1. The number of H-pyrrole nitrogens is 1. The highest BCUT2D eigenvalue weighted by molar-refractivity contribution is 7.99. The molecule has 0 saturated heterocycles. The number of nitriles is 2. The number of ether oxygens (including phenoxy) is 2. The minimum atomic E-state index is -0.227. The number of nitrogens with two attached hydrogens (primary N) is 1. The van der Waals surface area contributed by atoms with Crippen LogP contribution in [0.2, 0.25) is 0 Å². The molecule has 1 aliphatic heterocycles. The van der Waals surface area contributed by atoms with E-state index in [0.717, 1.165) is 17.3 Å². The third-order valence-electron chi connectivity index (χ3n) is 4.10. The normalized spacial score (nSPS) is 13.1. The van der Waals surface area contributed by atoms with Crippen LogP contribution >= 0.6 is 11.8 Å². The number of rotatable bonds is 5. The molecule has 0 spiro atoms. The second-order valence-electron chi connectivity index (χ2n) is 6.04. The highest BCUT2D eigenvalue weighted by Gasteiger charge is 2.18. The molecular formula is C19H18N5O3S+. The number of anilines is 1. The Hall–Kier alpha value is -3.43.